The van der Waals surface area contributed by atoms with Crippen LogP contribution in [0.1, 0.15) is 17.5 Å². The monoisotopic (exact) mass is 322 g/mol. The van der Waals surface area contributed by atoms with E-state index in [1.807, 2.05) is 6.08 Å². The van der Waals surface area contributed by atoms with Crippen molar-refractivity contribution in [1.82, 2.24) is 0 Å². The van der Waals surface area contributed by atoms with Gasteiger partial charge in [0.15, 0.2) is 0 Å². The molecule has 1 aromatic carbocycles. The number of benzene rings is 1. The van der Waals surface area contributed by atoms with Crippen molar-refractivity contribution in [3.05, 3.63) is 59.2 Å². The first kappa shape index (κ1) is 22.5. The summed E-state index contributed by atoms with van der Waals surface area (Å²) >= 11 is 0. The van der Waals surface area contributed by atoms with Gasteiger partial charge in [-0.3, -0.25) is 6.08 Å². The van der Waals surface area contributed by atoms with E-state index >= 15 is 0 Å². The van der Waals surface area contributed by atoms with Gasteiger partial charge in [-0.05, 0) is 18.9 Å². The van der Waals surface area contributed by atoms with Crippen molar-refractivity contribution in [2.75, 3.05) is 0 Å². The van der Waals surface area contributed by atoms with E-state index in [1.54, 1.807) is 0 Å². The Balaban J connectivity index is -0.000000490. The zero-order valence-corrected chi connectivity index (χ0v) is 13.3. The third-order valence-corrected chi connectivity index (χ3v) is 2.31. The molecule has 0 aliphatic heterocycles. The van der Waals surface area contributed by atoms with E-state index in [-0.39, 0.29) is 58.9 Å². The first-order valence-corrected chi connectivity index (χ1v) is 4.66. The van der Waals surface area contributed by atoms with Gasteiger partial charge in [-0.25, -0.2) is 12.2 Å². The number of hydrogen-bond donors (Lipinski definition) is 0. The maximum absolute atomic E-state index is 3.26. The molecule has 0 N–H and O–H groups in total. The Hall–Kier alpha value is 0.284. The van der Waals surface area contributed by atoms with E-state index in [2.05, 4.69) is 43.3 Å². The third-order valence-electron chi connectivity index (χ3n) is 2.31. The Morgan fingerprint density at radius 1 is 1.06 bits per heavy atom. The van der Waals surface area contributed by atoms with Gasteiger partial charge in [0.2, 0.25) is 0 Å². The van der Waals surface area contributed by atoms with E-state index in [1.165, 1.54) is 16.7 Å². The largest absolute Gasteiger partial charge is 4.00 e. The van der Waals surface area contributed by atoms with Crippen molar-refractivity contribution in [1.29, 1.82) is 0 Å². The molecular weight excluding hydrogens is 310 g/mol. The summed E-state index contributed by atoms with van der Waals surface area (Å²) < 4.78 is 0. The second kappa shape index (κ2) is 11.4. The van der Waals surface area contributed by atoms with Crippen LogP contribution < -0.4 is 37.2 Å². The molecule has 90 valence electrons. The molecule has 0 fully saturated rings. The SMILES string of the molecule is Cc1ccc(CC2=[C-]C=CC2)cc1.[Cl-].[Cl-].[Cl-].[Ti+4]. The maximum Gasteiger partial charge on any atom is 4.00 e. The van der Waals surface area contributed by atoms with Crippen LogP contribution in [0.5, 0.6) is 0 Å². The first-order chi connectivity index (χ1) is 6.34. The van der Waals surface area contributed by atoms with Crippen LogP contribution in [0.4, 0.5) is 0 Å². The molecule has 0 atom stereocenters. The number of allylic oxidation sites excluding steroid dienone is 4. The van der Waals surface area contributed by atoms with Crippen LogP contribution in [0.25, 0.3) is 0 Å². The van der Waals surface area contributed by atoms with Crippen molar-refractivity contribution in [2.24, 2.45) is 0 Å². The molecule has 0 amide bonds. The molecule has 0 nitrogen and oxygen atoms in total. The summed E-state index contributed by atoms with van der Waals surface area (Å²) in [5.41, 5.74) is 4.10. The molecular formula is C13H13Cl3Ti. The van der Waals surface area contributed by atoms with E-state index in [0.717, 1.165) is 12.8 Å². The van der Waals surface area contributed by atoms with Gasteiger partial charge >= 0.3 is 21.7 Å². The Labute approximate surface area is 137 Å². The van der Waals surface area contributed by atoms with Gasteiger partial charge in [0.25, 0.3) is 0 Å². The van der Waals surface area contributed by atoms with Gasteiger partial charge in [-0.1, -0.05) is 36.2 Å². The molecule has 1 aliphatic carbocycles. The maximum atomic E-state index is 3.26. The quantitative estimate of drug-likeness (QED) is 0.376. The zero-order valence-electron chi connectivity index (χ0n) is 9.51. The Bertz CT molecular complexity index is 355. The number of hydrogen-bond acceptors (Lipinski definition) is 0. The average Bonchev–Trinajstić information content (AvgIpc) is 2.62. The number of halogens is 3. The van der Waals surface area contributed by atoms with Gasteiger partial charge in [0, 0.05) is 0 Å². The topological polar surface area (TPSA) is 0 Å². The summed E-state index contributed by atoms with van der Waals surface area (Å²) in [6, 6.07) is 8.72. The van der Waals surface area contributed by atoms with Gasteiger partial charge in [-0.2, -0.15) is 5.57 Å². The van der Waals surface area contributed by atoms with Crippen molar-refractivity contribution < 1.29 is 58.9 Å². The molecule has 0 saturated carbocycles. The summed E-state index contributed by atoms with van der Waals surface area (Å²) in [4.78, 5) is 0. The molecule has 0 aromatic heterocycles. The van der Waals surface area contributed by atoms with Crippen LogP contribution in [0.2, 0.25) is 0 Å². The fourth-order valence-corrected chi connectivity index (χ4v) is 1.51. The molecule has 0 spiro atoms. The average molecular weight is 323 g/mol. The van der Waals surface area contributed by atoms with E-state index < -0.39 is 0 Å². The standard InChI is InChI=1S/C13H13.3ClH.Ti/c1-11-6-8-13(9-7-11)10-12-4-2-3-5-12;;;;/h2-3,6-9H,4,10H2,1H3;3*1H;/q-1;;;;+4/p-3. The van der Waals surface area contributed by atoms with Crippen LogP contribution in [0.3, 0.4) is 0 Å². The molecule has 1 aromatic rings. The molecule has 4 heteroatoms. The second-order valence-corrected chi connectivity index (χ2v) is 3.52. The molecule has 1 aliphatic rings. The molecule has 2 rings (SSSR count). The van der Waals surface area contributed by atoms with Crippen LogP contribution in [0, 0.1) is 13.0 Å². The van der Waals surface area contributed by atoms with E-state index in [4.69, 9.17) is 0 Å². The Kier molecular flexibility index (Phi) is 15.0. The fraction of sp³-hybridized carbons (Fsp3) is 0.231. The van der Waals surface area contributed by atoms with Crippen molar-refractivity contribution in [2.45, 2.75) is 19.8 Å². The first-order valence-electron chi connectivity index (χ1n) is 4.66. The molecule has 0 heterocycles. The summed E-state index contributed by atoms with van der Waals surface area (Å²) in [5.74, 6) is 0. The number of rotatable bonds is 2. The Morgan fingerprint density at radius 2 is 1.65 bits per heavy atom. The predicted octanol–water partition coefficient (Wildman–Crippen LogP) is -5.76. The van der Waals surface area contributed by atoms with Crippen LogP contribution in [0.15, 0.2) is 42.0 Å². The van der Waals surface area contributed by atoms with Crippen molar-refractivity contribution in [3.63, 3.8) is 0 Å². The summed E-state index contributed by atoms with van der Waals surface area (Å²) in [7, 11) is 0. The summed E-state index contributed by atoms with van der Waals surface area (Å²) in [5, 5.41) is 0. The van der Waals surface area contributed by atoms with Crippen molar-refractivity contribution in [3.8, 4) is 0 Å². The summed E-state index contributed by atoms with van der Waals surface area (Å²) in [6.45, 7) is 2.12. The molecule has 0 bridgehead atoms. The van der Waals surface area contributed by atoms with Crippen LogP contribution >= 0.6 is 0 Å². The van der Waals surface area contributed by atoms with Crippen molar-refractivity contribution >= 4 is 0 Å². The summed E-state index contributed by atoms with van der Waals surface area (Å²) in [6.07, 6.45) is 9.56. The second-order valence-electron chi connectivity index (χ2n) is 3.52. The fourth-order valence-electron chi connectivity index (χ4n) is 1.51. The van der Waals surface area contributed by atoms with Gasteiger partial charge in [0.1, 0.15) is 0 Å². The molecule has 0 radical (unpaired) electrons. The molecule has 0 saturated heterocycles. The minimum Gasteiger partial charge on any atom is -1.00 e. The van der Waals surface area contributed by atoms with Gasteiger partial charge < -0.3 is 37.2 Å². The smallest absolute Gasteiger partial charge is 1.00 e. The molecule has 0 unspecified atom stereocenters. The predicted molar refractivity (Wildman–Crippen MR) is 55.4 cm³/mol. The number of aryl methyl sites for hydroxylation is 1. The minimum absolute atomic E-state index is 0. The van der Waals surface area contributed by atoms with Crippen LogP contribution in [-0.2, 0) is 28.1 Å². The minimum atomic E-state index is 0. The zero-order chi connectivity index (χ0) is 9.10. The van der Waals surface area contributed by atoms with Gasteiger partial charge in [-0.15, -0.1) is 0 Å². The third kappa shape index (κ3) is 7.33. The van der Waals surface area contributed by atoms with E-state index in [9.17, 15) is 0 Å². The normalized spacial score (nSPS) is 11.2. The van der Waals surface area contributed by atoms with Gasteiger partial charge in [0.05, 0.1) is 0 Å². The van der Waals surface area contributed by atoms with Crippen LogP contribution in [-0.4, -0.2) is 0 Å². The Morgan fingerprint density at radius 3 is 2.12 bits per heavy atom. The van der Waals surface area contributed by atoms with E-state index in [0.29, 0.717) is 0 Å². The molecule has 17 heavy (non-hydrogen) atoms.